The summed E-state index contributed by atoms with van der Waals surface area (Å²) in [6, 6.07) is 0. The molecule has 0 atom stereocenters. The summed E-state index contributed by atoms with van der Waals surface area (Å²) < 4.78 is 3.84. The number of imidazole rings is 1. The zero-order valence-electron chi connectivity index (χ0n) is 10.1. The third-order valence-corrected chi connectivity index (χ3v) is 3.33. The van der Waals surface area contributed by atoms with E-state index in [9.17, 15) is 4.79 Å². The summed E-state index contributed by atoms with van der Waals surface area (Å²) in [4.78, 5) is 14.4. The second-order valence-electron chi connectivity index (χ2n) is 3.87. The van der Waals surface area contributed by atoms with Gasteiger partial charge < -0.3 is 9.67 Å². The van der Waals surface area contributed by atoms with E-state index >= 15 is 0 Å². The fourth-order valence-electron chi connectivity index (χ4n) is 1.45. The number of carboxylic acid groups (broad SMARTS) is 1. The normalized spacial score (nSPS) is 10.9. The number of rotatable bonds is 9. The van der Waals surface area contributed by atoms with Crippen molar-refractivity contribution < 1.29 is 9.90 Å². The summed E-state index contributed by atoms with van der Waals surface area (Å²) in [5, 5.41) is 8.57. The number of unbranched alkanes of at least 4 members (excludes halogenated alkanes) is 2. The smallest absolute Gasteiger partial charge is 0.318 e. The number of aromatic nitrogens is 2. The van der Waals surface area contributed by atoms with Gasteiger partial charge in [-0.05, 0) is 19.9 Å². The Balaban J connectivity index is 1.92. The van der Waals surface area contributed by atoms with E-state index in [1.54, 1.807) is 22.4 Å². The molecule has 0 amide bonds. The van der Waals surface area contributed by atoms with Gasteiger partial charge in [-0.2, -0.15) is 0 Å². The van der Waals surface area contributed by atoms with E-state index in [4.69, 9.17) is 5.11 Å². The highest BCUT2D eigenvalue weighted by Crippen LogP contribution is 2.10. The summed E-state index contributed by atoms with van der Waals surface area (Å²) in [6.45, 7) is 1.11. The molecule has 0 unspecified atom stereocenters. The Kier molecular flexibility index (Phi) is 6.73. The molecule has 0 bridgehead atoms. The van der Waals surface area contributed by atoms with Crippen molar-refractivity contribution in [2.45, 2.75) is 25.8 Å². The average Bonchev–Trinajstić information content (AvgIpc) is 2.75. The predicted octanol–water partition coefficient (Wildman–Crippen LogP) is 1.72. The van der Waals surface area contributed by atoms with Crippen molar-refractivity contribution in [2.24, 2.45) is 0 Å². The van der Waals surface area contributed by atoms with Crippen LogP contribution in [0, 0.1) is 0 Å². The predicted molar refractivity (Wildman–Crippen MR) is 68.8 cm³/mol. The zero-order valence-corrected chi connectivity index (χ0v) is 10.9. The minimum atomic E-state index is -0.778. The first kappa shape index (κ1) is 14.1. The highest BCUT2D eigenvalue weighted by molar-refractivity contribution is 7.97. The lowest BCUT2D eigenvalue weighted by Crippen LogP contribution is -2.19. The van der Waals surface area contributed by atoms with Gasteiger partial charge in [0.25, 0.3) is 0 Å². The first-order chi connectivity index (χ1) is 8.18. The topological polar surface area (TPSA) is 58.4 Å². The van der Waals surface area contributed by atoms with Crippen molar-refractivity contribution in [3.63, 3.8) is 0 Å². The van der Waals surface area contributed by atoms with E-state index in [1.165, 1.54) is 0 Å². The Morgan fingerprint density at radius 2 is 2.29 bits per heavy atom. The molecule has 0 saturated heterocycles. The van der Waals surface area contributed by atoms with E-state index in [2.05, 4.69) is 9.55 Å². The first-order valence-electron chi connectivity index (χ1n) is 5.70. The van der Waals surface area contributed by atoms with Gasteiger partial charge >= 0.3 is 5.97 Å². The Labute approximate surface area is 106 Å². The van der Waals surface area contributed by atoms with Crippen LogP contribution < -0.4 is 0 Å². The summed E-state index contributed by atoms with van der Waals surface area (Å²) in [6.07, 6.45) is 9.00. The van der Waals surface area contributed by atoms with Gasteiger partial charge in [-0.3, -0.25) is 4.79 Å². The Morgan fingerprint density at radius 3 is 2.94 bits per heavy atom. The fraction of sp³-hybridized carbons (Fsp3) is 0.636. The molecule has 1 rings (SSSR count). The number of hydrogen-bond donors (Lipinski definition) is 1. The molecule has 0 aliphatic carbocycles. The molecule has 0 aliphatic rings. The summed E-state index contributed by atoms with van der Waals surface area (Å²) in [5.74, 6) is 0.202. The van der Waals surface area contributed by atoms with Gasteiger partial charge in [0.15, 0.2) is 0 Å². The van der Waals surface area contributed by atoms with Crippen molar-refractivity contribution >= 4 is 17.9 Å². The molecule has 1 heterocycles. The van der Waals surface area contributed by atoms with Gasteiger partial charge in [0, 0.05) is 24.7 Å². The molecule has 0 radical (unpaired) electrons. The molecule has 0 fully saturated rings. The molecule has 0 aliphatic heterocycles. The highest BCUT2D eigenvalue weighted by Gasteiger charge is 2.03. The summed E-state index contributed by atoms with van der Waals surface area (Å²) >= 11 is 1.59. The largest absolute Gasteiger partial charge is 0.480 e. The number of likely N-dealkylation sites (N-methyl/N-ethyl adjacent to an activating group) is 1. The van der Waals surface area contributed by atoms with Crippen LogP contribution in [-0.4, -0.2) is 44.3 Å². The Bertz CT molecular complexity index is 317. The number of aryl methyl sites for hydroxylation is 1. The van der Waals surface area contributed by atoms with Gasteiger partial charge in [-0.15, -0.1) is 0 Å². The number of carbonyl (C=O) groups is 1. The second-order valence-corrected chi connectivity index (χ2v) is 5.16. The van der Waals surface area contributed by atoms with Gasteiger partial charge in [0.05, 0.1) is 6.33 Å². The van der Waals surface area contributed by atoms with Crippen molar-refractivity contribution in [2.75, 3.05) is 19.3 Å². The molecule has 1 N–H and O–H groups in total. The molecule has 0 aromatic carbocycles. The highest BCUT2D eigenvalue weighted by atomic mass is 32.2. The van der Waals surface area contributed by atoms with Crippen LogP contribution in [-0.2, 0) is 11.3 Å². The average molecular weight is 257 g/mol. The van der Waals surface area contributed by atoms with Crippen LogP contribution in [0.4, 0.5) is 0 Å². The molecule has 0 saturated carbocycles. The lowest BCUT2D eigenvalue weighted by atomic mass is 10.2. The van der Waals surface area contributed by atoms with Crippen molar-refractivity contribution in [1.82, 2.24) is 13.9 Å². The zero-order chi connectivity index (χ0) is 12.5. The van der Waals surface area contributed by atoms with Crippen LogP contribution in [0.2, 0.25) is 0 Å². The number of hydrogen-bond acceptors (Lipinski definition) is 4. The summed E-state index contributed by atoms with van der Waals surface area (Å²) in [7, 11) is 1.81. The van der Waals surface area contributed by atoms with Crippen LogP contribution in [0.5, 0.6) is 0 Å². The Hall–Kier alpha value is -1.01. The molecule has 17 heavy (non-hydrogen) atoms. The maximum atomic E-state index is 10.4. The lowest BCUT2D eigenvalue weighted by molar-refractivity contribution is -0.136. The lowest BCUT2D eigenvalue weighted by Gasteiger charge is -2.12. The van der Waals surface area contributed by atoms with E-state index in [1.807, 2.05) is 19.6 Å². The van der Waals surface area contributed by atoms with Crippen LogP contribution in [0.3, 0.4) is 0 Å². The van der Waals surface area contributed by atoms with E-state index in [-0.39, 0.29) is 6.54 Å². The molecular formula is C11H19N3O2S. The van der Waals surface area contributed by atoms with Crippen LogP contribution in [0.15, 0.2) is 18.7 Å². The van der Waals surface area contributed by atoms with Gasteiger partial charge in [-0.1, -0.05) is 18.4 Å². The van der Waals surface area contributed by atoms with E-state index in [0.717, 1.165) is 31.6 Å². The molecule has 96 valence electrons. The number of aliphatic carboxylic acids is 1. The standard InChI is InChI=1S/C11H19N3O2S/c1-13(9-11(15)16)17-8-4-2-3-6-14-7-5-12-10-14/h5,7,10H,2-4,6,8-9H2,1H3,(H,15,16). The van der Waals surface area contributed by atoms with Gasteiger partial charge in [0.1, 0.15) is 6.54 Å². The van der Waals surface area contributed by atoms with E-state index in [0.29, 0.717) is 0 Å². The molecule has 0 spiro atoms. The summed E-state index contributed by atoms with van der Waals surface area (Å²) in [5.41, 5.74) is 0. The molecule has 1 aromatic rings. The third kappa shape index (κ3) is 7.01. The minimum Gasteiger partial charge on any atom is -0.480 e. The fourth-order valence-corrected chi connectivity index (χ4v) is 2.30. The monoisotopic (exact) mass is 257 g/mol. The molecule has 5 nitrogen and oxygen atoms in total. The molecular weight excluding hydrogens is 238 g/mol. The number of nitrogens with zero attached hydrogens (tertiary/aromatic N) is 3. The minimum absolute atomic E-state index is 0.0969. The number of carboxylic acids is 1. The van der Waals surface area contributed by atoms with Crippen LogP contribution >= 0.6 is 11.9 Å². The maximum Gasteiger partial charge on any atom is 0.318 e. The molecule has 6 heteroatoms. The Morgan fingerprint density at radius 1 is 1.47 bits per heavy atom. The second kappa shape index (κ2) is 8.14. The van der Waals surface area contributed by atoms with E-state index < -0.39 is 5.97 Å². The third-order valence-electron chi connectivity index (χ3n) is 2.29. The SMILES string of the molecule is CN(CC(=O)O)SCCCCCn1ccnc1. The van der Waals surface area contributed by atoms with Crippen LogP contribution in [0.25, 0.3) is 0 Å². The quantitative estimate of drug-likeness (QED) is 0.539. The molecule has 1 aromatic heterocycles. The van der Waals surface area contributed by atoms with Crippen molar-refractivity contribution in [3.8, 4) is 0 Å². The van der Waals surface area contributed by atoms with Gasteiger partial charge in [-0.25, -0.2) is 9.29 Å². The first-order valence-corrected chi connectivity index (χ1v) is 6.64. The van der Waals surface area contributed by atoms with Crippen molar-refractivity contribution in [3.05, 3.63) is 18.7 Å². The van der Waals surface area contributed by atoms with Gasteiger partial charge in [0.2, 0.25) is 0 Å². The maximum absolute atomic E-state index is 10.4. The van der Waals surface area contributed by atoms with Crippen molar-refractivity contribution in [1.29, 1.82) is 0 Å². The van der Waals surface area contributed by atoms with Crippen LogP contribution in [0.1, 0.15) is 19.3 Å².